The molecule has 2 nitrogen and oxygen atoms in total. The molecule has 0 unspecified atom stereocenters. The van der Waals surface area contributed by atoms with Crippen LogP contribution in [-0.2, 0) is 13.0 Å². The number of nitrogens with two attached hydrogens (primary N) is 1. The average Bonchev–Trinajstić information content (AvgIpc) is 3.03. The molecule has 1 aliphatic rings. The minimum atomic E-state index is 0.652. The van der Waals surface area contributed by atoms with Gasteiger partial charge in [-0.25, -0.2) is 0 Å². The molecular formula is C12H18N2. The normalized spacial score (nSPS) is 15.8. The van der Waals surface area contributed by atoms with Crippen molar-refractivity contribution in [2.45, 2.75) is 31.8 Å². The lowest BCUT2D eigenvalue weighted by Gasteiger charge is -2.07. The van der Waals surface area contributed by atoms with E-state index in [0.29, 0.717) is 6.54 Å². The number of hydrogen-bond acceptors (Lipinski definition) is 2. The van der Waals surface area contributed by atoms with E-state index in [0.717, 1.165) is 19.0 Å². The predicted octanol–water partition coefficient (Wildman–Crippen LogP) is 1.44. The molecule has 2 rings (SSSR count). The van der Waals surface area contributed by atoms with Crippen LogP contribution in [0.2, 0.25) is 0 Å². The van der Waals surface area contributed by atoms with E-state index in [1.54, 1.807) is 0 Å². The number of benzene rings is 1. The molecule has 0 atom stereocenters. The molecule has 1 aromatic carbocycles. The first-order valence-electron chi connectivity index (χ1n) is 5.40. The standard InChI is InChI=1S/C12H18N2/c13-9-11-4-2-1-3-10(11)7-8-14-12-5-6-12/h1-4,12,14H,5-9,13H2. The minimum absolute atomic E-state index is 0.652. The molecule has 14 heavy (non-hydrogen) atoms. The van der Waals surface area contributed by atoms with Crippen molar-refractivity contribution in [2.24, 2.45) is 5.73 Å². The molecule has 0 spiro atoms. The largest absolute Gasteiger partial charge is 0.326 e. The van der Waals surface area contributed by atoms with Gasteiger partial charge in [-0.3, -0.25) is 0 Å². The van der Waals surface area contributed by atoms with Gasteiger partial charge in [0.1, 0.15) is 0 Å². The maximum atomic E-state index is 5.67. The smallest absolute Gasteiger partial charge is 0.0180 e. The van der Waals surface area contributed by atoms with Gasteiger partial charge in [-0.15, -0.1) is 0 Å². The van der Waals surface area contributed by atoms with Crippen LogP contribution in [0.1, 0.15) is 24.0 Å². The lowest BCUT2D eigenvalue weighted by Crippen LogP contribution is -2.20. The Morgan fingerprint density at radius 2 is 1.93 bits per heavy atom. The van der Waals surface area contributed by atoms with Crippen LogP contribution in [0, 0.1) is 0 Å². The third kappa shape index (κ3) is 2.56. The van der Waals surface area contributed by atoms with Crippen molar-refractivity contribution >= 4 is 0 Å². The maximum Gasteiger partial charge on any atom is 0.0180 e. The summed E-state index contributed by atoms with van der Waals surface area (Å²) in [6.45, 7) is 1.74. The molecule has 2 heteroatoms. The molecule has 0 saturated heterocycles. The lowest BCUT2D eigenvalue weighted by atomic mass is 10.0. The van der Waals surface area contributed by atoms with Crippen LogP contribution >= 0.6 is 0 Å². The molecule has 1 fully saturated rings. The molecule has 0 aliphatic heterocycles. The van der Waals surface area contributed by atoms with Crippen molar-refractivity contribution < 1.29 is 0 Å². The molecule has 0 bridgehead atoms. The van der Waals surface area contributed by atoms with E-state index >= 15 is 0 Å². The molecule has 76 valence electrons. The molecule has 0 aromatic heterocycles. The first kappa shape index (κ1) is 9.69. The zero-order chi connectivity index (χ0) is 9.80. The van der Waals surface area contributed by atoms with Crippen molar-refractivity contribution in [2.75, 3.05) is 6.54 Å². The molecule has 0 radical (unpaired) electrons. The van der Waals surface area contributed by atoms with Crippen molar-refractivity contribution in [3.63, 3.8) is 0 Å². The van der Waals surface area contributed by atoms with Crippen LogP contribution in [0.15, 0.2) is 24.3 Å². The highest BCUT2D eigenvalue weighted by Crippen LogP contribution is 2.18. The van der Waals surface area contributed by atoms with E-state index < -0.39 is 0 Å². The summed E-state index contributed by atoms with van der Waals surface area (Å²) in [6.07, 6.45) is 3.82. The Bertz CT molecular complexity index is 292. The Morgan fingerprint density at radius 1 is 1.21 bits per heavy atom. The van der Waals surface area contributed by atoms with Crippen LogP contribution in [-0.4, -0.2) is 12.6 Å². The molecule has 0 heterocycles. The molecule has 1 aliphatic carbocycles. The zero-order valence-electron chi connectivity index (χ0n) is 8.50. The van der Waals surface area contributed by atoms with E-state index in [2.05, 4.69) is 29.6 Å². The second kappa shape index (κ2) is 4.58. The summed E-state index contributed by atoms with van der Waals surface area (Å²) < 4.78 is 0. The fraction of sp³-hybridized carbons (Fsp3) is 0.500. The van der Waals surface area contributed by atoms with E-state index in [9.17, 15) is 0 Å². The van der Waals surface area contributed by atoms with Gasteiger partial charge >= 0.3 is 0 Å². The van der Waals surface area contributed by atoms with Crippen LogP contribution in [0.5, 0.6) is 0 Å². The molecule has 1 saturated carbocycles. The fourth-order valence-electron chi connectivity index (χ4n) is 1.70. The molecular weight excluding hydrogens is 172 g/mol. The summed E-state index contributed by atoms with van der Waals surface area (Å²) in [4.78, 5) is 0. The van der Waals surface area contributed by atoms with Gasteiger partial charge in [-0.1, -0.05) is 24.3 Å². The molecule has 3 N–H and O–H groups in total. The third-order valence-electron chi connectivity index (χ3n) is 2.74. The fourth-order valence-corrected chi connectivity index (χ4v) is 1.70. The van der Waals surface area contributed by atoms with Crippen LogP contribution in [0.3, 0.4) is 0 Å². The topological polar surface area (TPSA) is 38.0 Å². The van der Waals surface area contributed by atoms with E-state index in [4.69, 9.17) is 5.73 Å². The summed E-state index contributed by atoms with van der Waals surface area (Å²) in [6, 6.07) is 9.24. The van der Waals surface area contributed by atoms with Gasteiger partial charge in [-0.2, -0.15) is 0 Å². The summed E-state index contributed by atoms with van der Waals surface area (Å²) >= 11 is 0. The highest BCUT2D eigenvalue weighted by molar-refractivity contribution is 5.27. The first-order chi connectivity index (χ1) is 6.90. The highest BCUT2D eigenvalue weighted by atomic mass is 14.9. The SMILES string of the molecule is NCc1ccccc1CCNC1CC1. The number of rotatable bonds is 5. The van der Waals surface area contributed by atoms with Crippen LogP contribution < -0.4 is 11.1 Å². The monoisotopic (exact) mass is 190 g/mol. The Kier molecular flexibility index (Phi) is 3.17. The zero-order valence-corrected chi connectivity index (χ0v) is 8.50. The molecule has 0 amide bonds. The molecule has 1 aromatic rings. The van der Waals surface area contributed by atoms with Gasteiger partial charge in [0.05, 0.1) is 0 Å². The van der Waals surface area contributed by atoms with E-state index in [1.807, 2.05) is 0 Å². The Morgan fingerprint density at radius 3 is 2.57 bits per heavy atom. The van der Waals surface area contributed by atoms with Crippen molar-refractivity contribution in [1.82, 2.24) is 5.32 Å². The van der Waals surface area contributed by atoms with Crippen LogP contribution in [0.4, 0.5) is 0 Å². The summed E-state index contributed by atoms with van der Waals surface area (Å²) in [5.41, 5.74) is 8.35. The Labute approximate surface area is 85.5 Å². The number of nitrogens with one attached hydrogen (secondary N) is 1. The van der Waals surface area contributed by atoms with Crippen molar-refractivity contribution in [3.8, 4) is 0 Å². The van der Waals surface area contributed by atoms with Gasteiger partial charge in [0.25, 0.3) is 0 Å². The first-order valence-corrected chi connectivity index (χ1v) is 5.40. The van der Waals surface area contributed by atoms with Crippen LogP contribution in [0.25, 0.3) is 0 Å². The van der Waals surface area contributed by atoms with Gasteiger partial charge in [-0.05, 0) is 36.9 Å². The van der Waals surface area contributed by atoms with Crippen molar-refractivity contribution in [3.05, 3.63) is 35.4 Å². The van der Waals surface area contributed by atoms with Crippen molar-refractivity contribution in [1.29, 1.82) is 0 Å². The van der Waals surface area contributed by atoms with E-state index in [1.165, 1.54) is 24.0 Å². The van der Waals surface area contributed by atoms with Gasteiger partial charge < -0.3 is 11.1 Å². The van der Waals surface area contributed by atoms with Gasteiger partial charge in [0, 0.05) is 12.6 Å². The summed E-state index contributed by atoms with van der Waals surface area (Å²) in [7, 11) is 0. The predicted molar refractivity (Wildman–Crippen MR) is 59.1 cm³/mol. The van der Waals surface area contributed by atoms with Gasteiger partial charge in [0.2, 0.25) is 0 Å². The highest BCUT2D eigenvalue weighted by Gasteiger charge is 2.19. The average molecular weight is 190 g/mol. The minimum Gasteiger partial charge on any atom is -0.326 e. The number of hydrogen-bond donors (Lipinski definition) is 2. The second-order valence-corrected chi connectivity index (χ2v) is 3.95. The van der Waals surface area contributed by atoms with E-state index in [-0.39, 0.29) is 0 Å². The summed E-state index contributed by atoms with van der Waals surface area (Å²) in [5, 5.41) is 3.52. The quantitative estimate of drug-likeness (QED) is 0.737. The third-order valence-corrected chi connectivity index (χ3v) is 2.74. The second-order valence-electron chi connectivity index (χ2n) is 3.95. The summed E-state index contributed by atoms with van der Waals surface area (Å²) in [5.74, 6) is 0. The Balaban J connectivity index is 1.86. The maximum absolute atomic E-state index is 5.67. The lowest BCUT2D eigenvalue weighted by molar-refractivity contribution is 0.679. The Hall–Kier alpha value is -0.860. The van der Waals surface area contributed by atoms with Gasteiger partial charge in [0.15, 0.2) is 0 Å².